The van der Waals surface area contributed by atoms with Crippen LogP contribution in [0, 0.1) is 5.92 Å². The maximum atomic E-state index is 11.1. The van der Waals surface area contributed by atoms with Crippen molar-refractivity contribution in [1.29, 1.82) is 0 Å². The van der Waals surface area contributed by atoms with Crippen molar-refractivity contribution in [2.45, 2.75) is 25.2 Å². The fourth-order valence-electron chi connectivity index (χ4n) is 1.70. The molecule has 4 heteroatoms. The number of pyridine rings is 1. The first-order valence-corrected chi connectivity index (χ1v) is 5.80. The molecule has 0 saturated heterocycles. The number of hydrogen-bond donors (Lipinski definition) is 1. The molecule has 1 aliphatic carbocycles. The summed E-state index contributed by atoms with van der Waals surface area (Å²) >= 11 is 3.26. The van der Waals surface area contributed by atoms with Crippen molar-refractivity contribution in [3.05, 3.63) is 28.5 Å². The summed E-state index contributed by atoms with van der Waals surface area (Å²) in [6.07, 6.45) is 4.75. The van der Waals surface area contributed by atoms with Gasteiger partial charge in [0.15, 0.2) is 0 Å². The van der Waals surface area contributed by atoms with Crippen LogP contribution in [0.4, 0.5) is 0 Å². The van der Waals surface area contributed by atoms with Gasteiger partial charge in [0.25, 0.3) is 0 Å². The molecule has 1 heterocycles. The highest BCUT2D eigenvalue weighted by atomic mass is 79.9. The Morgan fingerprint density at radius 3 is 2.93 bits per heavy atom. The van der Waals surface area contributed by atoms with Crippen LogP contribution in [0.5, 0.6) is 0 Å². The van der Waals surface area contributed by atoms with Crippen LogP contribution in [0.3, 0.4) is 0 Å². The van der Waals surface area contributed by atoms with Crippen molar-refractivity contribution in [3.63, 3.8) is 0 Å². The van der Waals surface area contributed by atoms with E-state index < -0.39 is 5.97 Å². The smallest absolute Gasteiger partial charge is 0.310 e. The van der Waals surface area contributed by atoms with E-state index in [9.17, 15) is 4.79 Å². The second-order valence-corrected chi connectivity index (χ2v) is 4.79. The lowest BCUT2D eigenvalue weighted by Crippen LogP contribution is -2.12. The van der Waals surface area contributed by atoms with Gasteiger partial charge in [0.1, 0.15) is 4.60 Å². The largest absolute Gasteiger partial charge is 0.481 e. The van der Waals surface area contributed by atoms with Gasteiger partial charge in [0.05, 0.1) is 5.92 Å². The lowest BCUT2D eigenvalue weighted by atomic mass is 9.94. The number of halogens is 1. The second-order valence-electron chi connectivity index (χ2n) is 3.98. The third kappa shape index (κ3) is 2.78. The minimum atomic E-state index is -0.736. The van der Waals surface area contributed by atoms with E-state index in [1.807, 2.05) is 0 Å². The number of carboxylic acids is 1. The number of aliphatic carboxylic acids is 1. The third-order valence-corrected chi connectivity index (χ3v) is 3.15. The Morgan fingerprint density at radius 2 is 2.40 bits per heavy atom. The van der Waals surface area contributed by atoms with Gasteiger partial charge in [-0.3, -0.25) is 4.79 Å². The van der Waals surface area contributed by atoms with Crippen molar-refractivity contribution in [2.75, 3.05) is 0 Å². The van der Waals surface area contributed by atoms with Crippen LogP contribution in [0.25, 0.3) is 0 Å². The Balaban J connectivity index is 2.18. The van der Waals surface area contributed by atoms with Crippen LogP contribution in [0.2, 0.25) is 0 Å². The number of carboxylic acid groups (broad SMARTS) is 1. The average Bonchev–Trinajstić information content (AvgIpc) is 2.97. The minimum absolute atomic E-state index is 0.378. The van der Waals surface area contributed by atoms with Crippen LogP contribution >= 0.6 is 15.9 Å². The Kier molecular flexibility index (Phi) is 3.05. The summed E-state index contributed by atoms with van der Waals surface area (Å²) in [5.41, 5.74) is 0.844. The SMILES string of the molecule is O=C(O)C(CC1CC1)c1ccnc(Br)c1. The van der Waals surface area contributed by atoms with E-state index in [-0.39, 0.29) is 5.92 Å². The molecule has 1 aliphatic rings. The van der Waals surface area contributed by atoms with Gasteiger partial charge < -0.3 is 5.11 Å². The summed E-state index contributed by atoms with van der Waals surface area (Å²) < 4.78 is 0.696. The van der Waals surface area contributed by atoms with E-state index in [0.717, 1.165) is 12.0 Å². The van der Waals surface area contributed by atoms with E-state index in [1.54, 1.807) is 18.3 Å². The van der Waals surface area contributed by atoms with Gasteiger partial charge in [-0.25, -0.2) is 4.98 Å². The molecule has 1 N–H and O–H groups in total. The lowest BCUT2D eigenvalue weighted by Gasteiger charge is -2.11. The van der Waals surface area contributed by atoms with E-state index >= 15 is 0 Å². The Hall–Kier alpha value is -0.900. The van der Waals surface area contributed by atoms with Gasteiger partial charge in [-0.05, 0) is 46.0 Å². The number of hydrogen-bond acceptors (Lipinski definition) is 2. The molecule has 0 radical (unpaired) electrons. The molecular formula is C11H12BrNO2. The van der Waals surface area contributed by atoms with E-state index in [1.165, 1.54) is 12.8 Å². The highest BCUT2D eigenvalue weighted by Crippen LogP contribution is 2.38. The number of nitrogens with zero attached hydrogens (tertiary/aromatic N) is 1. The van der Waals surface area contributed by atoms with Crippen LogP contribution in [0.15, 0.2) is 22.9 Å². The molecule has 1 aromatic heterocycles. The zero-order valence-electron chi connectivity index (χ0n) is 8.19. The Bertz CT molecular complexity index is 377. The summed E-state index contributed by atoms with van der Waals surface area (Å²) in [4.78, 5) is 15.1. The third-order valence-electron chi connectivity index (χ3n) is 2.72. The Morgan fingerprint density at radius 1 is 1.67 bits per heavy atom. The van der Waals surface area contributed by atoms with Crippen LogP contribution in [-0.4, -0.2) is 16.1 Å². The quantitative estimate of drug-likeness (QED) is 0.856. The lowest BCUT2D eigenvalue weighted by molar-refractivity contribution is -0.139. The highest BCUT2D eigenvalue weighted by Gasteiger charge is 2.30. The van der Waals surface area contributed by atoms with Crippen molar-refractivity contribution in [2.24, 2.45) is 5.92 Å². The molecule has 1 aromatic rings. The summed E-state index contributed by atoms with van der Waals surface area (Å²) in [6.45, 7) is 0. The van der Waals surface area contributed by atoms with Gasteiger partial charge >= 0.3 is 5.97 Å². The molecule has 1 fully saturated rings. The van der Waals surface area contributed by atoms with Gasteiger partial charge in [-0.1, -0.05) is 12.8 Å². The zero-order valence-corrected chi connectivity index (χ0v) is 9.77. The van der Waals surface area contributed by atoms with Crippen molar-refractivity contribution in [1.82, 2.24) is 4.98 Å². The number of rotatable bonds is 4. The normalized spacial score (nSPS) is 17.4. The van der Waals surface area contributed by atoms with Crippen molar-refractivity contribution in [3.8, 4) is 0 Å². The monoisotopic (exact) mass is 269 g/mol. The molecule has 1 saturated carbocycles. The molecule has 0 spiro atoms. The molecule has 0 bridgehead atoms. The van der Waals surface area contributed by atoms with Gasteiger partial charge in [0, 0.05) is 6.20 Å². The predicted octanol–water partition coefficient (Wildman–Crippen LogP) is 2.81. The first-order valence-electron chi connectivity index (χ1n) is 5.01. The molecule has 2 rings (SSSR count). The molecular weight excluding hydrogens is 258 g/mol. The zero-order chi connectivity index (χ0) is 10.8. The van der Waals surface area contributed by atoms with Gasteiger partial charge in [-0.15, -0.1) is 0 Å². The molecule has 0 amide bonds. The maximum Gasteiger partial charge on any atom is 0.310 e. The molecule has 80 valence electrons. The van der Waals surface area contributed by atoms with Gasteiger partial charge in [0.2, 0.25) is 0 Å². The standard InChI is InChI=1S/C11H12BrNO2/c12-10-6-8(3-4-13-10)9(11(14)15)5-7-1-2-7/h3-4,6-7,9H,1-2,5H2,(H,14,15). The highest BCUT2D eigenvalue weighted by molar-refractivity contribution is 9.10. The maximum absolute atomic E-state index is 11.1. The predicted molar refractivity (Wildman–Crippen MR) is 59.7 cm³/mol. The average molecular weight is 270 g/mol. The van der Waals surface area contributed by atoms with Crippen LogP contribution in [0.1, 0.15) is 30.7 Å². The fourth-order valence-corrected chi connectivity index (χ4v) is 2.08. The summed E-state index contributed by atoms with van der Waals surface area (Å²) in [6, 6.07) is 3.58. The van der Waals surface area contributed by atoms with E-state index in [2.05, 4.69) is 20.9 Å². The first-order chi connectivity index (χ1) is 7.16. The van der Waals surface area contributed by atoms with E-state index in [0.29, 0.717) is 10.5 Å². The summed E-state index contributed by atoms with van der Waals surface area (Å²) in [5, 5.41) is 9.16. The number of carbonyl (C=O) groups is 1. The minimum Gasteiger partial charge on any atom is -0.481 e. The molecule has 0 aliphatic heterocycles. The number of aromatic nitrogens is 1. The van der Waals surface area contributed by atoms with Crippen molar-refractivity contribution >= 4 is 21.9 Å². The second kappa shape index (κ2) is 4.31. The fraction of sp³-hybridized carbons (Fsp3) is 0.455. The topological polar surface area (TPSA) is 50.2 Å². The molecule has 1 unspecified atom stereocenters. The van der Waals surface area contributed by atoms with Crippen molar-refractivity contribution < 1.29 is 9.90 Å². The molecule has 0 aromatic carbocycles. The van der Waals surface area contributed by atoms with E-state index in [4.69, 9.17) is 5.11 Å². The summed E-state index contributed by atoms with van der Waals surface area (Å²) in [7, 11) is 0. The van der Waals surface area contributed by atoms with Crippen LogP contribution < -0.4 is 0 Å². The van der Waals surface area contributed by atoms with Gasteiger partial charge in [-0.2, -0.15) is 0 Å². The van der Waals surface area contributed by atoms with Crippen LogP contribution in [-0.2, 0) is 4.79 Å². The molecule has 1 atom stereocenters. The summed E-state index contributed by atoms with van der Waals surface area (Å²) in [5.74, 6) is -0.505. The first kappa shape index (κ1) is 10.6. The molecule has 3 nitrogen and oxygen atoms in total. The Labute approximate surface area is 96.7 Å². The molecule has 15 heavy (non-hydrogen) atoms.